The van der Waals surface area contributed by atoms with E-state index >= 15 is 0 Å². The van der Waals surface area contributed by atoms with Crippen molar-refractivity contribution in [1.29, 1.82) is 0 Å². The van der Waals surface area contributed by atoms with Gasteiger partial charge in [-0.05, 0) is 31.0 Å². The fraction of sp³-hybridized carbons (Fsp3) is 0.438. The van der Waals surface area contributed by atoms with Crippen molar-refractivity contribution in [3.8, 4) is 0 Å². The van der Waals surface area contributed by atoms with Gasteiger partial charge in [-0.15, -0.1) is 0 Å². The first kappa shape index (κ1) is 15.6. The molecule has 2 rings (SSSR count). The van der Waals surface area contributed by atoms with Crippen molar-refractivity contribution in [2.45, 2.75) is 39.3 Å². The van der Waals surface area contributed by atoms with Gasteiger partial charge in [0.2, 0.25) is 0 Å². The predicted octanol–water partition coefficient (Wildman–Crippen LogP) is 3.46. The molecule has 2 aromatic rings. The Morgan fingerprint density at radius 3 is 2.76 bits per heavy atom. The van der Waals surface area contributed by atoms with Gasteiger partial charge < -0.3 is 5.32 Å². The highest BCUT2D eigenvalue weighted by Crippen LogP contribution is 2.20. The molecule has 0 radical (unpaired) electrons. The third-order valence-corrected chi connectivity index (χ3v) is 3.40. The normalized spacial score (nSPS) is 12.6. The molecular weight excluding hydrogens is 272 g/mol. The summed E-state index contributed by atoms with van der Waals surface area (Å²) in [7, 11) is 0. The standard InChI is InChI=1S/C16H21F2N3/c1-3-7-21-11-13(10-20-21)16(19-4-2)8-12-5-6-14(17)9-15(12)18/h5-6,9-11,16,19H,3-4,7-8H2,1-2H3. The highest BCUT2D eigenvalue weighted by atomic mass is 19.1. The predicted molar refractivity (Wildman–Crippen MR) is 79.0 cm³/mol. The average molecular weight is 293 g/mol. The summed E-state index contributed by atoms with van der Waals surface area (Å²) in [6.07, 6.45) is 5.28. The lowest BCUT2D eigenvalue weighted by Gasteiger charge is -2.17. The van der Waals surface area contributed by atoms with Crippen molar-refractivity contribution in [1.82, 2.24) is 15.1 Å². The van der Waals surface area contributed by atoms with E-state index in [1.165, 1.54) is 12.1 Å². The maximum Gasteiger partial charge on any atom is 0.129 e. The molecule has 114 valence electrons. The van der Waals surface area contributed by atoms with Crippen molar-refractivity contribution in [3.05, 3.63) is 53.4 Å². The number of aryl methyl sites for hydroxylation is 1. The summed E-state index contributed by atoms with van der Waals surface area (Å²) in [6, 6.07) is 3.70. The maximum absolute atomic E-state index is 13.8. The summed E-state index contributed by atoms with van der Waals surface area (Å²) < 4.78 is 28.7. The average Bonchev–Trinajstić information content (AvgIpc) is 2.90. The zero-order chi connectivity index (χ0) is 15.2. The van der Waals surface area contributed by atoms with Crippen LogP contribution in [0.15, 0.2) is 30.6 Å². The Hall–Kier alpha value is -1.75. The van der Waals surface area contributed by atoms with Crippen LogP contribution in [0.25, 0.3) is 0 Å². The minimum Gasteiger partial charge on any atom is -0.310 e. The number of hydrogen-bond acceptors (Lipinski definition) is 2. The van der Waals surface area contributed by atoms with Crippen LogP contribution in [0.2, 0.25) is 0 Å². The van der Waals surface area contributed by atoms with Gasteiger partial charge in [0.15, 0.2) is 0 Å². The van der Waals surface area contributed by atoms with Crippen LogP contribution in [-0.4, -0.2) is 16.3 Å². The molecule has 0 spiro atoms. The molecule has 3 nitrogen and oxygen atoms in total. The number of halogens is 2. The summed E-state index contributed by atoms with van der Waals surface area (Å²) in [6.45, 7) is 5.73. The zero-order valence-corrected chi connectivity index (χ0v) is 12.4. The van der Waals surface area contributed by atoms with Gasteiger partial charge in [0.25, 0.3) is 0 Å². The Kier molecular flexibility index (Phi) is 5.44. The van der Waals surface area contributed by atoms with E-state index in [1.54, 1.807) is 0 Å². The molecule has 0 aliphatic carbocycles. The van der Waals surface area contributed by atoms with E-state index in [4.69, 9.17) is 0 Å². The minimum absolute atomic E-state index is 0.0273. The number of nitrogens with zero attached hydrogens (tertiary/aromatic N) is 2. The summed E-state index contributed by atoms with van der Waals surface area (Å²) in [5, 5.41) is 7.64. The Bertz CT molecular complexity index is 581. The van der Waals surface area contributed by atoms with E-state index in [-0.39, 0.29) is 6.04 Å². The van der Waals surface area contributed by atoms with Crippen LogP contribution in [0.3, 0.4) is 0 Å². The lowest BCUT2D eigenvalue weighted by molar-refractivity contribution is 0.520. The van der Waals surface area contributed by atoms with E-state index in [0.717, 1.165) is 31.1 Å². The van der Waals surface area contributed by atoms with Gasteiger partial charge in [-0.3, -0.25) is 4.68 Å². The van der Waals surface area contributed by atoms with Crippen molar-refractivity contribution in [2.24, 2.45) is 0 Å². The number of hydrogen-bond donors (Lipinski definition) is 1. The number of benzene rings is 1. The molecule has 0 amide bonds. The molecular formula is C16H21F2N3. The number of rotatable bonds is 7. The second-order valence-electron chi connectivity index (χ2n) is 5.09. The minimum atomic E-state index is -0.549. The third kappa shape index (κ3) is 4.11. The largest absolute Gasteiger partial charge is 0.310 e. The monoisotopic (exact) mass is 293 g/mol. The molecule has 0 aliphatic rings. The van der Waals surface area contributed by atoms with Crippen molar-refractivity contribution < 1.29 is 8.78 Å². The van der Waals surface area contributed by atoms with Crippen LogP contribution in [0.5, 0.6) is 0 Å². The lowest BCUT2D eigenvalue weighted by Crippen LogP contribution is -2.23. The molecule has 1 aromatic heterocycles. The summed E-state index contributed by atoms with van der Waals surface area (Å²) in [4.78, 5) is 0. The van der Waals surface area contributed by atoms with Crippen molar-refractivity contribution in [3.63, 3.8) is 0 Å². The van der Waals surface area contributed by atoms with Crippen LogP contribution in [-0.2, 0) is 13.0 Å². The van der Waals surface area contributed by atoms with E-state index in [1.807, 2.05) is 24.0 Å². The number of aromatic nitrogens is 2. The fourth-order valence-electron chi connectivity index (χ4n) is 2.37. The van der Waals surface area contributed by atoms with Crippen molar-refractivity contribution in [2.75, 3.05) is 6.54 Å². The zero-order valence-electron chi connectivity index (χ0n) is 12.4. The highest BCUT2D eigenvalue weighted by molar-refractivity contribution is 5.22. The molecule has 1 unspecified atom stereocenters. The topological polar surface area (TPSA) is 29.9 Å². The fourth-order valence-corrected chi connectivity index (χ4v) is 2.37. The second kappa shape index (κ2) is 7.31. The highest BCUT2D eigenvalue weighted by Gasteiger charge is 2.16. The first-order chi connectivity index (χ1) is 10.1. The van der Waals surface area contributed by atoms with Crippen LogP contribution >= 0.6 is 0 Å². The molecule has 1 N–H and O–H groups in total. The van der Waals surface area contributed by atoms with Crippen LogP contribution in [0.4, 0.5) is 8.78 Å². The first-order valence-corrected chi connectivity index (χ1v) is 7.33. The van der Waals surface area contributed by atoms with Gasteiger partial charge in [-0.25, -0.2) is 8.78 Å². The molecule has 1 atom stereocenters. The molecule has 0 fully saturated rings. The van der Waals surface area contributed by atoms with E-state index in [9.17, 15) is 8.78 Å². The lowest BCUT2D eigenvalue weighted by atomic mass is 10.0. The smallest absolute Gasteiger partial charge is 0.129 e. The van der Waals surface area contributed by atoms with E-state index < -0.39 is 11.6 Å². The van der Waals surface area contributed by atoms with Gasteiger partial charge in [-0.2, -0.15) is 5.10 Å². The van der Waals surface area contributed by atoms with Gasteiger partial charge in [-0.1, -0.05) is 19.9 Å². The van der Waals surface area contributed by atoms with Crippen molar-refractivity contribution >= 4 is 0 Å². The quantitative estimate of drug-likeness (QED) is 0.847. The molecule has 5 heteroatoms. The van der Waals surface area contributed by atoms with Crippen LogP contribution in [0, 0.1) is 11.6 Å². The van der Waals surface area contributed by atoms with Gasteiger partial charge in [0.05, 0.1) is 6.20 Å². The Morgan fingerprint density at radius 1 is 1.29 bits per heavy atom. The maximum atomic E-state index is 13.8. The van der Waals surface area contributed by atoms with Crippen LogP contribution in [0.1, 0.15) is 37.4 Å². The van der Waals surface area contributed by atoms with Gasteiger partial charge >= 0.3 is 0 Å². The van der Waals surface area contributed by atoms with Gasteiger partial charge in [0, 0.05) is 30.4 Å². The Labute approximate surface area is 124 Å². The van der Waals surface area contributed by atoms with E-state index in [0.29, 0.717) is 12.0 Å². The molecule has 0 saturated carbocycles. The molecule has 0 aliphatic heterocycles. The van der Waals surface area contributed by atoms with E-state index in [2.05, 4.69) is 17.3 Å². The molecule has 0 saturated heterocycles. The molecule has 1 heterocycles. The second-order valence-corrected chi connectivity index (χ2v) is 5.09. The SMILES string of the molecule is CCCn1cc(C(Cc2ccc(F)cc2F)NCC)cn1. The van der Waals surface area contributed by atoms with Crippen LogP contribution < -0.4 is 5.32 Å². The molecule has 0 bridgehead atoms. The summed E-state index contributed by atoms with van der Waals surface area (Å²) >= 11 is 0. The Balaban J connectivity index is 2.17. The number of nitrogens with one attached hydrogen (secondary N) is 1. The van der Waals surface area contributed by atoms with Gasteiger partial charge in [0.1, 0.15) is 11.6 Å². The summed E-state index contributed by atoms with van der Waals surface area (Å²) in [5.41, 5.74) is 1.53. The third-order valence-electron chi connectivity index (χ3n) is 3.40. The number of likely N-dealkylation sites (N-methyl/N-ethyl adjacent to an activating group) is 1. The molecule has 21 heavy (non-hydrogen) atoms. The Morgan fingerprint density at radius 2 is 2.10 bits per heavy atom. The molecule has 1 aromatic carbocycles. The summed E-state index contributed by atoms with van der Waals surface area (Å²) in [5.74, 6) is -1.05. The first-order valence-electron chi connectivity index (χ1n) is 7.33.